The predicted octanol–water partition coefficient (Wildman–Crippen LogP) is 3.67. The Hall–Kier alpha value is -0.383. The van der Waals surface area contributed by atoms with Crippen LogP contribution in [0.25, 0.3) is 0 Å². The minimum absolute atomic E-state index is 0.118. The second kappa shape index (κ2) is 6.98. The van der Waals surface area contributed by atoms with Gasteiger partial charge in [0.25, 0.3) is 0 Å². The monoisotopic (exact) mass is 234 g/mol. The highest BCUT2D eigenvalue weighted by Crippen LogP contribution is 2.31. The van der Waals surface area contributed by atoms with Gasteiger partial charge in [0.15, 0.2) is 0 Å². The molecule has 0 aliphatic rings. The lowest BCUT2D eigenvalue weighted by Gasteiger charge is -2.24. The van der Waals surface area contributed by atoms with Crippen molar-refractivity contribution in [3.05, 3.63) is 0 Å². The lowest BCUT2D eigenvalue weighted by Crippen LogP contribution is -2.28. The summed E-state index contributed by atoms with van der Waals surface area (Å²) < 4.78 is 18.8. The van der Waals surface area contributed by atoms with Crippen LogP contribution in [0, 0.1) is 0 Å². The van der Waals surface area contributed by atoms with Crippen LogP contribution in [0.5, 0.6) is 0 Å². The van der Waals surface area contributed by atoms with Gasteiger partial charge in [-0.05, 0) is 25.1 Å². The van der Waals surface area contributed by atoms with E-state index in [1.54, 1.807) is 20.0 Å². The maximum Gasteiger partial charge on any atom is 0.305 e. The van der Waals surface area contributed by atoms with Crippen LogP contribution in [0.2, 0.25) is 18.6 Å². The zero-order valence-electron chi connectivity index (χ0n) is 10.3. The first kappa shape index (κ1) is 14.6. The molecule has 0 radical (unpaired) electrons. The van der Waals surface area contributed by atoms with E-state index in [0.29, 0.717) is 19.4 Å². The molecule has 4 heteroatoms. The van der Waals surface area contributed by atoms with Crippen LogP contribution < -0.4 is 0 Å². The largest absolute Gasteiger partial charge is 0.466 e. The summed E-state index contributed by atoms with van der Waals surface area (Å²) >= 11 is 0. The molecule has 0 saturated carbocycles. The fourth-order valence-corrected chi connectivity index (χ4v) is 3.38. The first-order valence-corrected chi connectivity index (χ1v) is 8.71. The average molecular weight is 234 g/mol. The van der Waals surface area contributed by atoms with E-state index in [9.17, 15) is 8.90 Å². The molecule has 2 nitrogen and oxygen atoms in total. The Morgan fingerprint density at radius 1 is 1.33 bits per heavy atom. The summed E-state index contributed by atoms with van der Waals surface area (Å²) in [6, 6.07) is 0. The third kappa shape index (κ3) is 6.66. The van der Waals surface area contributed by atoms with Crippen molar-refractivity contribution in [1.29, 1.82) is 0 Å². The van der Waals surface area contributed by atoms with Crippen molar-refractivity contribution in [2.24, 2.45) is 0 Å². The highest BCUT2D eigenvalue weighted by Gasteiger charge is 2.31. The maximum atomic E-state index is 13.8. The van der Waals surface area contributed by atoms with Gasteiger partial charge in [-0.1, -0.05) is 26.7 Å². The van der Waals surface area contributed by atoms with Gasteiger partial charge < -0.3 is 8.84 Å². The Morgan fingerprint density at radius 2 is 1.93 bits per heavy atom. The average Bonchev–Trinajstić information content (AvgIpc) is 2.14. The SMILES string of the molecule is CCCC(CCOC(=O)CC)[Si](C)(C)F. The van der Waals surface area contributed by atoms with Crippen LogP contribution in [-0.4, -0.2) is 21.0 Å². The molecule has 0 aromatic carbocycles. The fraction of sp³-hybridized carbons (Fsp3) is 0.909. The summed E-state index contributed by atoms with van der Waals surface area (Å²) in [4.78, 5) is 10.9. The van der Waals surface area contributed by atoms with Gasteiger partial charge in [0.2, 0.25) is 8.41 Å². The molecule has 1 atom stereocenters. The molecule has 0 saturated heterocycles. The van der Waals surface area contributed by atoms with Crippen molar-refractivity contribution in [2.75, 3.05) is 6.61 Å². The summed E-state index contributed by atoms with van der Waals surface area (Å²) in [5.41, 5.74) is 0.118. The summed E-state index contributed by atoms with van der Waals surface area (Å²) in [7, 11) is -2.58. The standard InChI is InChI=1S/C11H23FO2Si/c1-5-7-10(15(3,4)12)8-9-14-11(13)6-2/h10H,5-9H2,1-4H3. The zero-order valence-corrected chi connectivity index (χ0v) is 11.3. The molecule has 0 fully saturated rings. The van der Waals surface area contributed by atoms with E-state index in [0.717, 1.165) is 12.8 Å². The lowest BCUT2D eigenvalue weighted by atomic mass is 10.2. The van der Waals surface area contributed by atoms with Gasteiger partial charge in [0.05, 0.1) is 6.61 Å². The van der Waals surface area contributed by atoms with Gasteiger partial charge in [-0.15, -0.1) is 0 Å². The van der Waals surface area contributed by atoms with Crippen LogP contribution >= 0.6 is 0 Å². The van der Waals surface area contributed by atoms with Crippen molar-refractivity contribution in [1.82, 2.24) is 0 Å². The van der Waals surface area contributed by atoms with E-state index in [4.69, 9.17) is 4.74 Å². The van der Waals surface area contributed by atoms with Crippen molar-refractivity contribution >= 4 is 14.4 Å². The van der Waals surface area contributed by atoms with E-state index >= 15 is 0 Å². The number of rotatable bonds is 7. The smallest absolute Gasteiger partial charge is 0.305 e. The predicted molar refractivity (Wildman–Crippen MR) is 63.1 cm³/mol. The van der Waals surface area contributed by atoms with Gasteiger partial charge in [-0.2, -0.15) is 0 Å². The number of ether oxygens (including phenoxy) is 1. The number of hydrogen-bond donors (Lipinski definition) is 0. The Morgan fingerprint density at radius 3 is 2.33 bits per heavy atom. The van der Waals surface area contributed by atoms with Crippen LogP contribution in [0.3, 0.4) is 0 Å². The second-order valence-electron chi connectivity index (χ2n) is 4.41. The van der Waals surface area contributed by atoms with Crippen molar-refractivity contribution in [2.45, 2.75) is 58.2 Å². The molecule has 0 aromatic heterocycles. The van der Waals surface area contributed by atoms with E-state index in [1.807, 2.05) is 0 Å². The van der Waals surface area contributed by atoms with E-state index in [1.165, 1.54) is 0 Å². The molecule has 0 aliphatic heterocycles. The minimum Gasteiger partial charge on any atom is -0.466 e. The molecule has 0 rings (SSSR count). The van der Waals surface area contributed by atoms with Gasteiger partial charge in [-0.25, -0.2) is 0 Å². The first-order valence-electron chi connectivity index (χ1n) is 5.76. The Bertz CT molecular complexity index is 190. The van der Waals surface area contributed by atoms with Gasteiger partial charge in [0, 0.05) is 6.42 Å². The van der Waals surface area contributed by atoms with Gasteiger partial charge >= 0.3 is 5.97 Å². The molecule has 0 aromatic rings. The molecule has 0 bridgehead atoms. The van der Waals surface area contributed by atoms with Crippen LogP contribution in [0.4, 0.5) is 4.11 Å². The Kier molecular flexibility index (Phi) is 6.81. The molecular weight excluding hydrogens is 211 g/mol. The molecule has 0 N–H and O–H groups in total. The van der Waals surface area contributed by atoms with Crippen molar-refractivity contribution in [3.63, 3.8) is 0 Å². The number of hydrogen-bond acceptors (Lipinski definition) is 2. The first-order chi connectivity index (χ1) is 6.91. The van der Waals surface area contributed by atoms with Crippen LogP contribution in [0.1, 0.15) is 39.5 Å². The highest BCUT2D eigenvalue weighted by atomic mass is 28.4. The summed E-state index contributed by atoms with van der Waals surface area (Å²) in [5.74, 6) is -0.191. The van der Waals surface area contributed by atoms with Gasteiger partial charge in [-0.3, -0.25) is 4.79 Å². The van der Waals surface area contributed by atoms with Crippen molar-refractivity contribution in [3.8, 4) is 0 Å². The number of esters is 1. The molecule has 0 amide bonds. The van der Waals surface area contributed by atoms with E-state index < -0.39 is 8.41 Å². The fourth-order valence-electron chi connectivity index (χ4n) is 1.60. The van der Waals surface area contributed by atoms with Crippen LogP contribution in [0.15, 0.2) is 0 Å². The minimum atomic E-state index is -2.58. The number of carbonyl (C=O) groups excluding carboxylic acids is 1. The summed E-state index contributed by atoms with van der Waals surface area (Å²) in [5, 5.41) is 0. The summed E-state index contributed by atoms with van der Waals surface area (Å²) in [6.07, 6.45) is 2.97. The molecule has 0 heterocycles. The number of halogens is 1. The second-order valence-corrected chi connectivity index (χ2v) is 8.36. The highest BCUT2D eigenvalue weighted by molar-refractivity contribution is 6.72. The quantitative estimate of drug-likeness (QED) is 0.381. The molecular formula is C11H23FO2Si. The molecule has 0 aliphatic carbocycles. The molecule has 90 valence electrons. The molecule has 0 spiro atoms. The maximum absolute atomic E-state index is 13.8. The Balaban J connectivity index is 3.92. The third-order valence-corrected chi connectivity index (χ3v) is 5.14. The Labute approximate surface area is 93.4 Å². The normalized spacial score (nSPS) is 13.7. The molecule has 1 unspecified atom stereocenters. The third-order valence-electron chi connectivity index (χ3n) is 2.63. The van der Waals surface area contributed by atoms with E-state index in [-0.39, 0.29) is 11.5 Å². The van der Waals surface area contributed by atoms with Crippen molar-refractivity contribution < 1.29 is 13.6 Å². The lowest BCUT2D eigenvalue weighted by molar-refractivity contribution is -0.143. The van der Waals surface area contributed by atoms with E-state index in [2.05, 4.69) is 6.92 Å². The molecule has 15 heavy (non-hydrogen) atoms. The van der Waals surface area contributed by atoms with Gasteiger partial charge in [0.1, 0.15) is 0 Å². The van der Waals surface area contributed by atoms with Crippen LogP contribution in [-0.2, 0) is 9.53 Å². The number of carbonyl (C=O) groups is 1. The zero-order chi connectivity index (χ0) is 11.9. The topological polar surface area (TPSA) is 26.3 Å². The summed E-state index contributed by atoms with van der Waals surface area (Å²) in [6.45, 7) is 7.66.